The molecule has 28 heavy (non-hydrogen) atoms. The molecular weight excluding hydrogens is 469 g/mol. The number of methoxy groups -OCH3 is 2. The summed E-state index contributed by atoms with van der Waals surface area (Å²) < 4.78 is 16.6. The Morgan fingerprint density at radius 3 is 2.29 bits per heavy atom. The number of aryl methyl sites for hydroxylation is 1. The van der Waals surface area contributed by atoms with Gasteiger partial charge in [0, 0.05) is 13.6 Å². The van der Waals surface area contributed by atoms with Crippen LogP contribution in [0, 0.1) is 6.92 Å². The molecule has 2 aromatic rings. The van der Waals surface area contributed by atoms with Crippen LogP contribution in [0.5, 0.6) is 17.2 Å². The molecule has 1 atom stereocenters. The number of ether oxygens (including phenoxy) is 3. The largest absolute Gasteiger partial charge is 0.496 e. The number of nitrogens with zero attached hydrogens (tertiary/aromatic N) is 1. The van der Waals surface area contributed by atoms with Gasteiger partial charge in [-0.3, -0.25) is 4.99 Å². The van der Waals surface area contributed by atoms with E-state index in [1.54, 1.807) is 21.3 Å². The molecule has 1 unspecified atom stereocenters. The molecule has 7 heteroatoms. The fourth-order valence-corrected chi connectivity index (χ4v) is 2.67. The number of hydrogen-bond acceptors (Lipinski definition) is 4. The minimum Gasteiger partial charge on any atom is -0.496 e. The number of nitrogens with one attached hydrogen (secondary N) is 2. The third kappa shape index (κ3) is 7.10. The molecule has 0 fully saturated rings. The van der Waals surface area contributed by atoms with Crippen molar-refractivity contribution in [1.82, 2.24) is 10.6 Å². The average Bonchev–Trinajstić information content (AvgIpc) is 2.68. The van der Waals surface area contributed by atoms with Gasteiger partial charge < -0.3 is 24.8 Å². The molecule has 2 rings (SSSR count). The SMILES string of the molecule is CN=C(NCc1ccc(OC)c(C)c1)NCC(C)Oc1ccccc1OC.I. The normalized spacial score (nSPS) is 11.8. The number of benzene rings is 2. The smallest absolute Gasteiger partial charge is 0.191 e. The highest BCUT2D eigenvalue weighted by Gasteiger charge is 2.09. The van der Waals surface area contributed by atoms with Crippen LogP contribution in [0.15, 0.2) is 47.5 Å². The minimum absolute atomic E-state index is 0. The van der Waals surface area contributed by atoms with Gasteiger partial charge in [-0.1, -0.05) is 24.3 Å². The summed E-state index contributed by atoms with van der Waals surface area (Å²) >= 11 is 0. The first-order chi connectivity index (χ1) is 13.1. The van der Waals surface area contributed by atoms with Gasteiger partial charge in [-0.05, 0) is 43.2 Å². The molecule has 154 valence electrons. The van der Waals surface area contributed by atoms with E-state index in [1.165, 1.54) is 0 Å². The number of guanidine groups is 1. The maximum absolute atomic E-state index is 5.95. The summed E-state index contributed by atoms with van der Waals surface area (Å²) in [5, 5.41) is 6.59. The van der Waals surface area contributed by atoms with Crippen LogP contribution in [-0.4, -0.2) is 39.9 Å². The van der Waals surface area contributed by atoms with Gasteiger partial charge >= 0.3 is 0 Å². The van der Waals surface area contributed by atoms with E-state index in [9.17, 15) is 0 Å². The summed E-state index contributed by atoms with van der Waals surface area (Å²) in [6.45, 7) is 5.32. The standard InChI is InChI=1S/C21H29N3O3.HI/c1-15-12-17(10-11-18(15)25-4)14-24-21(22-3)23-13-16(2)27-20-9-7-6-8-19(20)26-5;/h6-12,16H,13-14H2,1-5H3,(H2,22,23,24);1H. The van der Waals surface area contributed by atoms with Crippen molar-refractivity contribution in [2.24, 2.45) is 4.99 Å². The first-order valence-electron chi connectivity index (χ1n) is 8.95. The van der Waals surface area contributed by atoms with Crippen molar-refractivity contribution in [1.29, 1.82) is 0 Å². The molecule has 0 aliphatic rings. The van der Waals surface area contributed by atoms with Gasteiger partial charge in [-0.2, -0.15) is 0 Å². The van der Waals surface area contributed by atoms with E-state index in [1.807, 2.05) is 50.2 Å². The number of halogens is 1. The van der Waals surface area contributed by atoms with Crippen LogP contribution in [0.25, 0.3) is 0 Å². The Kier molecular flexibility index (Phi) is 10.5. The Bertz CT molecular complexity index is 768. The molecule has 0 aliphatic heterocycles. The van der Waals surface area contributed by atoms with Gasteiger partial charge in [-0.25, -0.2) is 0 Å². The number of para-hydroxylation sites is 2. The average molecular weight is 499 g/mol. The number of hydrogen-bond donors (Lipinski definition) is 2. The molecular formula is C21H30IN3O3. The quantitative estimate of drug-likeness (QED) is 0.329. The van der Waals surface area contributed by atoms with E-state index in [0.29, 0.717) is 13.1 Å². The van der Waals surface area contributed by atoms with Crippen molar-refractivity contribution in [3.05, 3.63) is 53.6 Å². The summed E-state index contributed by atoms with van der Waals surface area (Å²) in [6, 6.07) is 13.7. The maximum Gasteiger partial charge on any atom is 0.191 e. The fraction of sp³-hybridized carbons (Fsp3) is 0.381. The topological polar surface area (TPSA) is 64.1 Å². The molecule has 2 aromatic carbocycles. The van der Waals surface area contributed by atoms with E-state index < -0.39 is 0 Å². The van der Waals surface area contributed by atoms with Crippen LogP contribution in [0.4, 0.5) is 0 Å². The van der Waals surface area contributed by atoms with Gasteiger partial charge in [0.2, 0.25) is 0 Å². The van der Waals surface area contributed by atoms with Crippen molar-refractivity contribution in [3.8, 4) is 17.2 Å². The molecule has 0 saturated carbocycles. The lowest BCUT2D eigenvalue weighted by Crippen LogP contribution is -2.41. The van der Waals surface area contributed by atoms with Gasteiger partial charge in [0.15, 0.2) is 17.5 Å². The Balaban J connectivity index is 0.00000392. The molecule has 6 nitrogen and oxygen atoms in total. The molecule has 0 spiro atoms. The first kappa shape index (κ1) is 23.9. The van der Waals surface area contributed by atoms with Crippen molar-refractivity contribution >= 4 is 29.9 Å². The molecule has 0 heterocycles. The van der Waals surface area contributed by atoms with Crippen molar-refractivity contribution in [2.75, 3.05) is 27.8 Å². The molecule has 0 radical (unpaired) electrons. The summed E-state index contributed by atoms with van der Waals surface area (Å²) in [5.41, 5.74) is 2.27. The summed E-state index contributed by atoms with van der Waals surface area (Å²) in [6.07, 6.45) is -0.0527. The Hall–Kier alpha value is -2.16. The highest BCUT2D eigenvalue weighted by atomic mass is 127. The van der Waals surface area contributed by atoms with Crippen LogP contribution in [0.3, 0.4) is 0 Å². The lowest BCUT2D eigenvalue weighted by molar-refractivity contribution is 0.213. The monoisotopic (exact) mass is 499 g/mol. The molecule has 2 N–H and O–H groups in total. The van der Waals surface area contributed by atoms with E-state index >= 15 is 0 Å². The van der Waals surface area contributed by atoms with Gasteiger partial charge in [0.25, 0.3) is 0 Å². The zero-order valence-corrected chi connectivity index (χ0v) is 19.4. The predicted molar refractivity (Wildman–Crippen MR) is 124 cm³/mol. The summed E-state index contributed by atoms with van der Waals surface area (Å²) in [5.74, 6) is 3.07. The van der Waals surface area contributed by atoms with Crippen LogP contribution >= 0.6 is 24.0 Å². The lowest BCUT2D eigenvalue weighted by atomic mass is 10.1. The van der Waals surface area contributed by atoms with E-state index in [-0.39, 0.29) is 30.1 Å². The fourth-order valence-electron chi connectivity index (χ4n) is 2.67. The number of aliphatic imine (C=N–C) groups is 1. The van der Waals surface area contributed by atoms with Gasteiger partial charge in [0.1, 0.15) is 11.9 Å². The molecule has 0 aromatic heterocycles. The van der Waals surface area contributed by atoms with Crippen LogP contribution in [0.2, 0.25) is 0 Å². The summed E-state index contributed by atoms with van der Waals surface area (Å²) in [7, 11) is 5.07. The van der Waals surface area contributed by atoms with Crippen molar-refractivity contribution < 1.29 is 14.2 Å². The zero-order chi connectivity index (χ0) is 19.6. The highest BCUT2D eigenvalue weighted by Crippen LogP contribution is 2.26. The Morgan fingerprint density at radius 2 is 1.68 bits per heavy atom. The first-order valence-corrected chi connectivity index (χ1v) is 8.95. The van der Waals surface area contributed by atoms with Crippen LogP contribution in [-0.2, 0) is 6.54 Å². The maximum atomic E-state index is 5.95. The second-order valence-corrected chi connectivity index (χ2v) is 6.19. The third-order valence-corrected chi connectivity index (χ3v) is 4.10. The second-order valence-electron chi connectivity index (χ2n) is 6.19. The third-order valence-electron chi connectivity index (χ3n) is 4.10. The predicted octanol–water partition coefficient (Wildman–Crippen LogP) is 3.76. The van der Waals surface area contributed by atoms with E-state index in [0.717, 1.165) is 34.3 Å². The molecule has 0 bridgehead atoms. The summed E-state index contributed by atoms with van der Waals surface area (Å²) in [4.78, 5) is 4.26. The number of rotatable bonds is 8. The van der Waals surface area contributed by atoms with Gasteiger partial charge in [0.05, 0.1) is 20.8 Å². The zero-order valence-electron chi connectivity index (χ0n) is 17.1. The Labute approximate surface area is 184 Å². The van der Waals surface area contributed by atoms with E-state index in [2.05, 4.69) is 21.7 Å². The molecule has 0 saturated heterocycles. The molecule has 0 aliphatic carbocycles. The van der Waals surface area contributed by atoms with E-state index in [4.69, 9.17) is 14.2 Å². The van der Waals surface area contributed by atoms with Crippen molar-refractivity contribution in [3.63, 3.8) is 0 Å². The lowest BCUT2D eigenvalue weighted by Gasteiger charge is -2.19. The molecule has 0 amide bonds. The minimum atomic E-state index is -0.0527. The van der Waals surface area contributed by atoms with Crippen molar-refractivity contribution in [2.45, 2.75) is 26.5 Å². The second kappa shape index (κ2) is 12.3. The van der Waals surface area contributed by atoms with Crippen LogP contribution in [0.1, 0.15) is 18.1 Å². The Morgan fingerprint density at radius 1 is 1.00 bits per heavy atom. The van der Waals surface area contributed by atoms with Gasteiger partial charge in [-0.15, -0.1) is 24.0 Å². The van der Waals surface area contributed by atoms with Crippen LogP contribution < -0.4 is 24.8 Å². The highest BCUT2D eigenvalue weighted by molar-refractivity contribution is 14.0.